The first-order chi connectivity index (χ1) is 4.77. The van der Waals surface area contributed by atoms with Crippen molar-refractivity contribution in [3.8, 4) is 0 Å². The van der Waals surface area contributed by atoms with Gasteiger partial charge < -0.3 is 4.74 Å². The summed E-state index contributed by atoms with van der Waals surface area (Å²) < 4.78 is 5.71. The number of ether oxygens (including phenoxy) is 1. The maximum Gasteiger partial charge on any atom is 0.0672 e. The summed E-state index contributed by atoms with van der Waals surface area (Å²) in [6.45, 7) is 4.73. The molecule has 0 spiro atoms. The fourth-order valence-electron chi connectivity index (χ4n) is 1.26. The zero-order valence-corrected chi connectivity index (χ0v) is 9.52. The normalized spacial score (nSPS) is 35.2. The highest BCUT2D eigenvalue weighted by atomic mass is 31.1. The van der Waals surface area contributed by atoms with E-state index in [1.807, 2.05) is 5.82 Å². The zero-order valence-electron chi connectivity index (χ0n) is 6.52. The van der Waals surface area contributed by atoms with E-state index >= 15 is 0 Å². The largest absolute Gasteiger partial charge is 0.375 e. The van der Waals surface area contributed by atoms with Gasteiger partial charge in [0.15, 0.2) is 0 Å². The van der Waals surface area contributed by atoms with Crippen molar-refractivity contribution in [3.05, 3.63) is 12.4 Å². The van der Waals surface area contributed by atoms with Gasteiger partial charge in [0.05, 0.1) is 4.97 Å². The Hall–Kier alpha value is 0.347. The maximum absolute atomic E-state index is 5.71. The molecular weight excluding hydrogens is 159 g/mol. The van der Waals surface area contributed by atoms with Gasteiger partial charge in [-0.3, -0.25) is 0 Å². The second-order valence-electron chi connectivity index (χ2n) is 2.88. The summed E-state index contributed by atoms with van der Waals surface area (Å²) in [5.74, 6) is 2.01. The van der Waals surface area contributed by atoms with E-state index in [0.29, 0.717) is 0 Å². The Labute approximate surface area is 67.4 Å². The van der Waals surface area contributed by atoms with Crippen molar-refractivity contribution in [3.63, 3.8) is 0 Å². The van der Waals surface area contributed by atoms with Gasteiger partial charge in [-0.05, 0) is 19.3 Å². The third-order valence-corrected chi connectivity index (χ3v) is 4.74. The lowest BCUT2D eigenvalue weighted by Crippen LogP contribution is -2.31. The molecule has 3 heteroatoms. The molecule has 0 aromatic carbocycles. The molecule has 0 aliphatic carbocycles. The van der Waals surface area contributed by atoms with Crippen LogP contribution in [-0.2, 0) is 4.74 Å². The number of hydrogen-bond donors (Lipinski definition) is 0. The van der Waals surface area contributed by atoms with Crippen LogP contribution in [0.2, 0.25) is 0 Å². The minimum Gasteiger partial charge on any atom is -0.375 e. The topological polar surface area (TPSA) is 9.23 Å². The van der Waals surface area contributed by atoms with Gasteiger partial charge >= 0.3 is 0 Å². The molecule has 1 aliphatic heterocycles. The Morgan fingerprint density at radius 3 is 2.90 bits per heavy atom. The summed E-state index contributed by atoms with van der Waals surface area (Å²) in [5, 5.41) is 0. The first-order valence-corrected chi connectivity index (χ1v) is 5.87. The van der Waals surface area contributed by atoms with Crippen molar-refractivity contribution < 1.29 is 4.74 Å². The highest BCUT2D eigenvalue weighted by Gasteiger charge is 2.25. The Morgan fingerprint density at radius 1 is 1.60 bits per heavy atom. The Morgan fingerprint density at radius 2 is 2.40 bits per heavy atom. The summed E-state index contributed by atoms with van der Waals surface area (Å²) >= 11 is 0. The molecule has 1 fully saturated rings. The summed E-state index contributed by atoms with van der Waals surface area (Å²) in [6, 6.07) is 0. The molecule has 0 bridgehead atoms. The molecule has 0 aromatic heterocycles. The SMILES string of the molecule is C=CPC1([SiH3])CCCCO1. The van der Waals surface area contributed by atoms with E-state index in [1.165, 1.54) is 19.3 Å². The molecule has 1 saturated heterocycles. The van der Waals surface area contributed by atoms with Crippen molar-refractivity contribution in [2.45, 2.75) is 24.2 Å². The van der Waals surface area contributed by atoms with Gasteiger partial charge in [0.2, 0.25) is 0 Å². The zero-order chi connectivity index (χ0) is 7.45. The van der Waals surface area contributed by atoms with E-state index in [0.717, 1.165) is 25.4 Å². The lowest BCUT2D eigenvalue weighted by Gasteiger charge is -2.32. The molecule has 1 aliphatic rings. The minimum atomic E-state index is 0.278. The quantitative estimate of drug-likeness (QED) is 0.449. The van der Waals surface area contributed by atoms with E-state index in [1.54, 1.807) is 0 Å². The second-order valence-corrected chi connectivity index (χ2v) is 7.25. The highest BCUT2D eigenvalue weighted by molar-refractivity contribution is 7.45. The van der Waals surface area contributed by atoms with E-state index in [2.05, 4.69) is 6.58 Å². The van der Waals surface area contributed by atoms with Crippen molar-refractivity contribution in [2.75, 3.05) is 6.61 Å². The molecule has 0 N–H and O–H groups in total. The third kappa shape index (κ3) is 2.19. The van der Waals surface area contributed by atoms with Crippen molar-refractivity contribution >= 4 is 18.8 Å². The predicted molar refractivity (Wildman–Crippen MR) is 51.0 cm³/mol. The van der Waals surface area contributed by atoms with Crippen LogP contribution in [0, 0.1) is 0 Å². The number of rotatable bonds is 2. The lowest BCUT2D eigenvalue weighted by molar-refractivity contribution is 0.0423. The Bertz CT molecular complexity index is 121. The van der Waals surface area contributed by atoms with Crippen LogP contribution in [0.15, 0.2) is 12.4 Å². The van der Waals surface area contributed by atoms with Crippen molar-refractivity contribution in [1.82, 2.24) is 0 Å². The van der Waals surface area contributed by atoms with Crippen molar-refractivity contribution in [2.24, 2.45) is 0 Å². The van der Waals surface area contributed by atoms with E-state index in [4.69, 9.17) is 4.74 Å². The van der Waals surface area contributed by atoms with E-state index in [9.17, 15) is 0 Å². The molecular formula is C7H15OPSi. The van der Waals surface area contributed by atoms with Gasteiger partial charge in [-0.15, -0.1) is 0 Å². The Kier molecular flexibility index (Phi) is 3.09. The minimum absolute atomic E-state index is 0.278. The van der Waals surface area contributed by atoms with Crippen LogP contribution in [0.25, 0.3) is 0 Å². The van der Waals surface area contributed by atoms with Crippen LogP contribution >= 0.6 is 8.58 Å². The van der Waals surface area contributed by atoms with Gasteiger partial charge in [-0.25, -0.2) is 0 Å². The summed E-state index contributed by atoms with van der Waals surface area (Å²) in [7, 11) is 1.98. The van der Waals surface area contributed by atoms with Gasteiger partial charge in [-0.1, -0.05) is 21.0 Å². The van der Waals surface area contributed by atoms with Gasteiger partial charge in [-0.2, -0.15) is 0 Å². The molecule has 1 nitrogen and oxygen atoms in total. The van der Waals surface area contributed by atoms with Gasteiger partial charge in [0.25, 0.3) is 0 Å². The van der Waals surface area contributed by atoms with Crippen LogP contribution in [0.4, 0.5) is 0 Å². The smallest absolute Gasteiger partial charge is 0.0672 e. The van der Waals surface area contributed by atoms with Crippen LogP contribution in [0.5, 0.6) is 0 Å². The fraction of sp³-hybridized carbons (Fsp3) is 0.714. The van der Waals surface area contributed by atoms with Gasteiger partial charge in [0.1, 0.15) is 0 Å². The van der Waals surface area contributed by atoms with Crippen LogP contribution in [0.3, 0.4) is 0 Å². The molecule has 0 radical (unpaired) electrons. The fourth-order valence-corrected chi connectivity index (χ4v) is 3.37. The number of hydrogen-bond acceptors (Lipinski definition) is 1. The molecule has 10 heavy (non-hydrogen) atoms. The molecule has 0 aromatic rings. The first-order valence-electron chi connectivity index (χ1n) is 3.79. The average Bonchev–Trinajstić information content (AvgIpc) is 1.89. The molecule has 2 unspecified atom stereocenters. The molecule has 58 valence electrons. The summed E-state index contributed by atoms with van der Waals surface area (Å²) in [5.41, 5.74) is 0. The van der Waals surface area contributed by atoms with E-state index in [-0.39, 0.29) is 4.97 Å². The van der Waals surface area contributed by atoms with Gasteiger partial charge in [0, 0.05) is 16.8 Å². The van der Waals surface area contributed by atoms with Crippen LogP contribution in [0.1, 0.15) is 19.3 Å². The highest BCUT2D eigenvalue weighted by Crippen LogP contribution is 2.37. The molecule has 0 saturated carbocycles. The molecule has 1 heterocycles. The summed E-state index contributed by atoms with van der Waals surface area (Å²) in [4.78, 5) is 0.278. The first kappa shape index (κ1) is 8.44. The molecule has 2 atom stereocenters. The van der Waals surface area contributed by atoms with Crippen LogP contribution < -0.4 is 0 Å². The molecule has 1 rings (SSSR count). The standard InChI is InChI=1S/C7H15OPSi/c1-2-9-7(10)5-3-4-6-8-7/h2,9H,1,3-6H2,10H3. The average molecular weight is 174 g/mol. The predicted octanol–water partition coefficient (Wildman–Crippen LogP) is 1.03. The monoisotopic (exact) mass is 174 g/mol. The summed E-state index contributed by atoms with van der Waals surface area (Å²) in [6.07, 6.45) is 3.87. The third-order valence-electron chi connectivity index (χ3n) is 1.88. The second kappa shape index (κ2) is 3.66. The maximum atomic E-state index is 5.71. The lowest BCUT2D eigenvalue weighted by atomic mass is 10.2. The Balaban J connectivity index is 2.39. The van der Waals surface area contributed by atoms with Crippen LogP contribution in [-0.4, -0.2) is 21.8 Å². The molecule has 0 amide bonds. The van der Waals surface area contributed by atoms with Crippen molar-refractivity contribution in [1.29, 1.82) is 0 Å². The van der Waals surface area contributed by atoms with E-state index < -0.39 is 0 Å².